The van der Waals surface area contributed by atoms with Gasteiger partial charge in [0.05, 0.1) is 12.0 Å². The van der Waals surface area contributed by atoms with Gasteiger partial charge in [0.25, 0.3) is 0 Å². The molecular weight excluding hydrogens is 266 g/mol. The van der Waals surface area contributed by atoms with Crippen LogP contribution < -0.4 is 5.32 Å². The van der Waals surface area contributed by atoms with Gasteiger partial charge in [0.1, 0.15) is 0 Å². The lowest BCUT2D eigenvalue weighted by Crippen LogP contribution is -2.16. The summed E-state index contributed by atoms with van der Waals surface area (Å²) in [5.41, 5.74) is 1.85. The predicted molar refractivity (Wildman–Crippen MR) is 80.1 cm³/mol. The third kappa shape index (κ3) is 3.71. The molecular formula is C17H13NO3. The Morgan fingerprint density at radius 2 is 1.90 bits per heavy atom. The number of carbonyl (C=O) groups excluding carboxylic acids is 1. The van der Waals surface area contributed by atoms with Crippen molar-refractivity contribution in [2.24, 2.45) is 0 Å². The number of anilines is 1. The summed E-state index contributed by atoms with van der Waals surface area (Å²) < 4.78 is 0. The van der Waals surface area contributed by atoms with E-state index >= 15 is 0 Å². The Kier molecular flexibility index (Phi) is 4.37. The Morgan fingerprint density at radius 3 is 2.62 bits per heavy atom. The summed E-state index contributed by atoms with van der Waals surface area (Å²) in [5, 5.41) is 11.8. The molecule has 4 nitrogen and oxygen atoms in total. The van der Waals surface area contributed by atoms with Crippen molar-refractivity contribution in [3.63, 3.8) is 0 Å². The van der Waals surface area contributed by atoms with Crippen LogP contribution in [0.4, 0.5) is 5.69 Å². The molecule has 104 valence electrons. The molecule has 0 radical (unpaired) electrons. The number of rotatable bonds is 4. The molecule has 0 saturated carbocycles. The van der Waals surface area contributed by atoms with E-state index in [2.05, 4.69) is 11.2 Å². The number of terminal acetylenes is 1. The predicted octanol–water partition coefficient (Wildman–Crippen LogP) is 2.55. The fraction of sp³-hybridized carbons (Fsp3) is 0.0588. The van der Waals surface area contributed by atoms with Gasteiger partial charge < -0.3 is 10.4 Å². The van der Waals surface area contributed by atoms with Gasteiger partial charge in [-0.2, -0.15) is 0 Å². The van der Waals surface area contributed by atoms with Gasteiger partial charge in [-0.15, -0.1) is 6.42 Å². The van der Waals surface area contributed by atoms with Gasteiger partial charge in [-0.1, -0.05) is 30.2 Å². The molecule has 2 rings (SSSR count). The van der Waals surface area contributed by atoms with E-state index in [1.165, 1.54) is 6.07 Å². The second-order valence-electron chi connectivity index (χ2n) is 4.41. The molecule has 0 fully saturated rings. The minimum atomic E-state index is -1.05. The largest absolute Gasteiger partial charge is 0.478 e. The number of carboxylic acids is 1. The average Bonchev–Trinajstić information content (AvgIpc) is 2.47. The van der Waals surface area contributed by atoms with E-state index in [0.717, 1.165) is 0 Å². The van der Waals surface area contributed by atoms with Gasteiger partial charge in [-0.05, 0) is 29.8 Å². The highest BCUT2D eigenvalue weighted by atomic mass is 16.4. The monoisotopic (exact) mass is 279 g/mol. The molecule has 0 bridgehead atoms. The zero-order chi connectivity index (χ0) is 15.2. The van der Waals surface area contributed by atoms with Crippen molar-refractivity contribution in [2.75, 3.05) is 5.32 Å². The minimum Gasteiger partial charge on any atom is -0.478 e. The van der Waals surface area contributed by atoms with Gasteiger partial charge in [0.2, 0.25) is 5.91 Å². The molecule has 0 aliphatic rings. The van der Waals surface area contributed by atoms with Gasteiger partial charge in [-0.25, -0.2) is 4.79 Å². The van der Waals surface area contributed by atoms with Crippen molar-refractivity contribution in [3.8, 4) is 12.3 Å². The lowest BCUT2D eigenvalue weighted by molar-refractivity contribution is -0.115. The molecule has 0 spiro atoms. The first-order valence-electron chi connectivity index (χ1n) is 6.28. The average molecular weight is 279 g/mol. The van der Waals surface area contributed by atoms with E-state index in [1.54, 1.807) is 42.5 Å². The van der Waals surface area contributed by atoms with Crippen molar-refractivity contribution in [2.45, 2.75) is 6.42 Å². The van der Waals surface area contributed by atoms with E-state index in [9.17, 15) is 9.59 Å². The molecule has 0 aliphatic heterocycles. The van der Waals surface area contributed by atoms with E-state index in [4.69, 9.17) is 11.5 Å². The summed E-state index contributed by atoms with van der Waals surface area (Å²) in [7, 11) is 0. The normalized spacial score (nSPS) is 9.67. The van der Waals surface area contributed by atoms with Crippen LogP contribution in [0.15, 0.2) is 48.5 Å². The van der Waals surface area contributed by atoms with Crippen LogP contribution in [0.25, 0.3) is 0 Å². The van der Waals surface area contributed by atoms with Crippen LogP contribution in [0, 0.1) is 12.3 Å². The third-order valence-electron chi connectivity index (χ3n) is 2.91. The topological polar surface area (TPSA) is 66.4 Å². The fourth-order valence-corrected chi connectivity index (χ4v) is 1.95. The molecule has 0 heterocycles. The van der Waals surface area contributed by atoms with Crippen LogP contribution in [-0.2, 0) is 11.2 Å². The van der Waals surface area contributed by atoms with Crippen LogP contribution in [0.3, 0.4) is 0 Å². The molecule has 1 amide bonds. The molecule has 0 saturated heterocycles. The number of amides is 1. The van der Waals surface area contributed by atoms with Crippen molar-refractivity contribution >= 4 is 17.6 Å². The zero-order valence-corrected chi connectivity index (χ0v) is 11.2. The number of nitrogens with one attached hydrogen (secondary N) is 1. The summed E-state index contributed by atoms with van der Waals surface area (Å²) in [6, 6.07) is 13.3. The van der Waals surface area contributed by atoms with Crippen LogP contribution in [0.5, 0.6) is 0 Å². The highest BCUT2D eigenvalue weighted by Gasteiger charge is 2.12. The summed E-state index contributed by atoms with van der Waals surface area (Å²) in [6.07, 6.45) is 5.29. The Hall–Kier alpha value is -3.06. The molecule has 0 aromatic heterocycles. The van der Waals surface area contributed by atoms with E-state index in [-0.39, 0.29) is 17.9 Å². The number of aromatic carboxylic acids is 1. The van der Waals surface area contributed by atoms with Crippen molar-refractivity contribution in [3.05, 3.63) is 65.2 Å². The molecule has 2 N–H and O–H groups in total. The Labute approximate surface area is 122 Å². The second-order valence-corrected chi connectivity index (χ2v) is 4.41. The quantitative estimate of drug-likeness (QED) is 0.845. The first kappa shape index (κ1) is 14.4. The van der Waals surface area contributed by atoms with Crippen LogP contribution in [-0.4, -0.2) is 17.0 Å². The second kappa shape index (κ2) is 6.40. The Morgan fingerprint density at radius 1 is 1.14 bits per heavy atom. The molecule has 0 aliphatic carbocycles. The maximum Gasteiger partial charge on any atom is 0.335 e. The molecule has 0 unspecified atom stereocenters. The number of hydrogen-bond donors (Lipinski definition) is 2. The third-order valence-corrected chi connectivity index (χ3v) is 2.91. The highest BCUT2D eigenvalue weighted by Crippen LogP contribution is 2.13. The lowest BCUT2D eigenvalue weighted by atomic mass is 10.0. The molecule has 4 heteroatoms. The van der Waals surface area contributed by atoms with Crippen LogP contribution in [0.1, 0.15) is 21.5 Å². The summed E-state index contributed by atoms with van der Waals surface area (Å²) in [4.78, 5) is 23.1. The van der Waals surface area contributed by atoms with Crippen LogP contribution in [0.2, 0.25) is 0 Å². The summed E-state index contributed by atoms with van der Waals surface area (Å²) in [5.74, 6) is 1.14. The summed E-state index contributed by atoms with van der Waals surface area (Å²) in [6.45, 7) is 0. The van der Waals surface area contributed by atoms with E-state index in [1.807, 2.05) is 0 Å². The first-order valence-corrected chi connectivity index (χ1v) is 6.28. The minimum absolute atomic E-state index is 0.0112. The van der Waals surface area contributed by atoms with E-state index in [0.29, 0.717) is 16.8 Å². The maximum atomic E-state index is 12.0. The number of carbonyl (C=O) groups is 2. The highest BCUT2D eigenvalue weighted by molar-refractivity contribution is 5.96. The lowest BCUT2D eigenvalue weighted by Gasteiger charge is -2.08. The fourth-order valence-electron chi connectivity index (χ4n) is 1.95. The zero-order valence-electron chi connectivity index (χ0n) is 11.2. The molecule has 0 atom stereocenters. The number of benzene rings is 2. The van der Waals surface area contributed by atoms with E-state index < -0.39 is 5.97 Å². The SMILES string of the molecule is C#Cc1cccc(NC(=O)Cc2ccccc2C(=O)O)c1. The smallest absolute Gasteiger partial charge is 0.335 e. The van der Waals surface area contributed by atoms with Gasteiger partial charge in [-0.3, -0.25) is 4.79 Å². The standard InChI is InChI=1S/C17H13NO3/c1-2-12-6-5-8-14(10-12)18-16(19)11-13-7-3-4-9-15(13)17(20)21/h1,3-10H,11H2,(H,18,19)(H,20,21). The van der Waals surface area contributed by atoms with Gasteiger partial charge in [0, 0.05) is 11.3 Å². The molecule has 2 aromatic carbocycles. The van der Waals surface area contributed by atoms with Gasteiger partial charge in [0.15, 0.2) is 0 Å². The van der Waals surface area contributed by atoms with Crippen molar-refractivity contribution in [1.29, 1.82) is 0 Å². The van der Waals surface area contributed by atoms with Crippen LogP contribution >= 0.6 is 0 Å². The number of carboxylic acid groups (broad SMARTS) is 1. The van der Waals surface area contributed by atoms with Crippen molar-refractivity contribution < 1.29 is 14.7 Å². The molecule has 21 heavy (non-hydrogen) atoms. The number of hydrogen-bond acceptors (Lipinski definition) is 2. The Bertz CT molecular complexity index is 729. The Balaban J connectivity index is 2.12. The first-order chi connectivity index (χ1) is 10.1. The van der Waals surface area contributed by atoms with Crippen molar-refractivity contribution in [1.82, 2.24) is 0 Å². The maximum absolute atomic E-state index is 12.0. The van der Waals surface area contributed by atoms with Gasteiger partial charge >= 0.3 is 5.97 Å². The molecule has 2 aromatic rings. The summed E-state index contributed by atoms with van der Waals surface area (Å²) >= 11 is 0.